The Labute approximate surface area is 249 Å². The van der Waals surface area contributed by atoms with E-state index < -0.39 is 6.09 Å². The number of aryl methyl sites for hydroxylation is 1. The van der Waals surface area contributed by atoms with Gasteiger partial charge in [-0.25, -0.2) is 9.78 Å². The van der Waals surface area contributed by atoms with Crippen LogP contribution >= 0.6 is 0 Å². The van der Waals surface area contributed by atoms with Crippen LogP contribution in [-0.2, 0) is 31.4 Å². The second-order valence-corrected chi connectivity index (χ2v) is 10.5. The molecule has 3 heterocycles. The van der Waals surface area contributed by atoms with Crippen molar-refractivity contribution in [2.45, 2.75) is 19.6 Å². The van der Waals surface area contributed by atoms with E-state index in [4.69, 9.17) is 0 Å². The third-order valence-electron chi connectivity index (χ3n) is 7.49. The molecule has 3 N–H and O–H groups in total. The van der Waals surface area contributed by atoms with E-state index in [0.29, 0.717) is 52.4 Å². The van der Waals surface area contributed by atoms with Crippen LogP contribution in [0.4, 0.5) is 27.7 Å². The maximum absolute atomic E-state index is 13.6. The second-order valence-electron chi connectivity index (χ2n) is 10.5. The summed E-state index contributed by atoms with van der Waals surface area (Å²) in [5, 5.41) is 16.2. The molecule has 5 rings (SSSR count). The van der Waals surface area contributed by atoms with Gasteiger partial charge in [0.2, 0.25) is 0 Å². The van der Waals surface area contributed by atoms with Gasteiger partial charge in [-0.1, -0.05) is 18.2 Å². The summed E-state index contributed by atoms with van der Waals surface area (Å²) in [6, 6.07) is 16.6. The molecule has 0 saturated heterocycles. The first-order valence-electron chi connectivity index (χ1n) is 13.8. The van der Waals surface area contributed by atoms with Gasteiger partial charge in [0.25, 0.3) is 11.5 Å². The van der Waals surface area contributed by atoms with Crippen LogP contribution in [0.1, 0.15) is 27.0 Å². The fraction of sp³-hybridized carbons (Fsp3) is 0.250. The summed E-state index contributed by atoms with van der Waals surface area (Å²) >= 11 is 0. The first-order chi connectivity index (χ1) is 20.7. The van der Waals surface area contributed by atoms with E-state index in [2.05, 4.69) is 26.4 Å². The minimum absolute atomic E-state index is 0.113. The molecule has 0 fully saturated rings. The summed E-state index contributed by atoms with van der Waals surface area (Å²) in [7, 11) is 6.89. The summed E-state index contributed by atoms with van der Waals surface area (Å²) in [5.74, 6) is 0.333. The average Bonchev–Trinajstić information content (AvgIpc) is 3.02. The van der Waals surface area contributed by atoms with E-state index in [1.54, 1.807) is 42.5 Å². The Morgan fingerprint density at radius 1 is 1.09 bits per heavy atom. The van der Waals surface area contributed by atoms with Gasteiger partial charge in [0.1, 0.15) is 11.5 Å². The van der Waals surface area contributed by atoms with E-state index >= 15 is 0 Å². The Morgan fingerprint density at radius 3 is 2.60 bits per heavy atom. The molecule has 0 atom stereocenters. The van der Waals surface area contributed by atoms with E-state index in [0.717, 1.165) is 16.8 Å². The number of fused-ring (bicyclic) bond motifs is 1. The van der Waals surface area contributed by atoms with Gasteiger partial charge in [-0.3, -0.25) is 9.59 Å². The second kappa shape index (κ2) is 12.4. The molecule has 0 aliphatic carbocycles. The van der Waals surface area contributed by atoms with Gasteiger partial charge < -0.3 is 34.8 Å². The zero-order valence-electron chi connectivity index (χ0n) is 24.5. The number of aliphatic hydroxyl groups excluding tert-OH is 1. The third-order valence-corrected chi connectivity index (χ3v) is 7.49. The number of ether oxygens (including phenoxy) is 1. The molecule has 222 valence electrons. The van der Waals surface area contributed by atoms with Crippen molar-refractivity contribution < 1.29 is 19.4 Å². The predicted octanol–water partition coefficient (Wildman–Crippen LogP) is 3.81. The number of aromatic nitrogens is 2. The number of amides is 2. The fourth-order valence-electron chi connectivity index (χ4n) is 5.18. The molecule has 2 amide bonds. The molecule has 11 heteroatoms. The summed E-state index contributed by atoms with van der Waals surface area (Å²) < 4.78 is 6.04. The van der Waals surface area contributed by atoms with Gasteiger partial charge in [0, 0.05) is 69.0 Å². The van der Waals surface area contributed by atoms with Crippen LogP contribution in [0.15, 0.2) is 71.8 Å². The largest absolute Gasteiger partial charge is 0.453 e. The molecule has 0 bridgehead atoms. The number of benzene rings is 2. The SMILES string of the molecule is COC(=O)NCc1ccc(Nc2cc(-c3cccc(N4CCc5cc(N(C)C)ccc5C4=O)c3CO)cn(C)c2=O)nc1. The number of aliphatic hydroxyl groups is 1. The highest BCUT2D eigenvalue weighted by Crippen LogP contribution is 2.35. The highest BCUT2D eigenvalue weighted by molar-refractivity contribution is 6.09. The molecule has 2 aromatic carbocycles. The Bertz CT molecular complexity index is 1730. The number of hydrogen-bond donors (Lipinski definition) is 3. The van der Waals surface area contributed by atoms with Gasteiger partial charge in [0.15, 0.2) is 0 Å². The van der Waals surface area contributed by atoms with Crippen LogP contribution in [0.5, 0.6) is 0 Å². The van der Waals surface area contributed by atoms with Crippen LogP contribution in [-0.4, -0.2) is 54.4 Å². The fourth-order valence-corrected chi connectivity index (χ4v) is 5.18. The minimum atomic E-state index is -0.540. The van der Waals surface area contributed by atoms with Crippen molar-refractivity contribution in [3.63, 3.8) is 0 Å². The van der Waals surface area contributed by atoms with Gasteiger partial charge in [-0.2, -0.15) is 0 Å². The van der Waals surface area contributed by atoms with Gasteiger partial charge in [-0.15, -0.1) is 0 Å². The predicted molar refractivity (Wildman–Crippen MR) is 166 cm³/mol. The minimum Gasteiger partial charge on any atom is -0.453 e. The number of pyridine rings is 2. The van der Waals surface area contributed by atoms with Crippen molar-refractivity contribution in [2.75, 3.05) is 42.9 Å². The van der Waals surface area contributed by atoms with Crippen molar-refractivity contribution in [3.05, 3.63) is 99.6 Å². The molecule has 1 aliphatic rings. The van der Waals surface area contributed by atoms with Crippen molar-refractivity contribution in [1.29, 1.82) is 0 Å². The van der Waals surface area contributed by atoms with Crippen LogP contribution < -0.4 is 26.0 Å². The third kappa shape index (κ3) is 6.07. The lowest BCUT2D eigenvalue weighted by atomic mass is 9.94. The zero-order valence-corrected chi connectivity index (χ0v) is 24.5. The van der Waals surface area contributed by atoms with Crippen LogP contribution in [0, 0.1) is 0 Å². The number of anilines is 4. The monoisotopic (exact) mass is 582 g/mol. The van der Waals surface area contributed by atoms with Crippen LogP contribution in [0.25, 0.3) is 11.1 Å². The van der Waals surface area contributed by atoms with Crippen LogP contribution in [0.2, 0.25) is 0 Å². The summed E-state index contributed by atoms with van der Waals surface area (Å²) in [6.07, 6.45) is 3.45. The van der Waals surface area contributed by atoms with Gasteiger partial charge >= 0.3 is 6.09 Å². The molecule has 0 spiro atoms. The molecule has 0 unspecified atom stereocenters. The number of nitrogens with one attached hydrogen (secondary N) is 2. The number of rotatable bonds is 8. The highest BCUT2D eigenvalue weighted by Gasteiger charge is 2.28. The van der Waals surface area contributed by atoms with E-state index in [-0.39, 0.29) is 24.6 Å². The number of nitrogens with zero attached hydrogens (tertiary/aromatic N) is 4. The van der Waals surface area contributed by atoms with Crippen molar-refractivity contribution in [2.24, 2.45) is 7.05 Å². The number of alkyl carbamates (subject to hydrolysis) is 1. The number of carbonyl (C=O) groups is 2. The number of hydrogen-bond acceptors (Lipinski definition) is 8. The zero-order chi connectivity index (χ0) is 30.7. The van der Waals surface area contributed by atoms with Crippen LogP contribution in [0.3, 0.4) is 0 Å². The molecule has 2 aromatic heterocycles. The maximum Gasteiger partial charge on any atom is 0.407 e. The lowest BCUT2D eigenvalue weighted by molar-refractivity contribution is 0.0980. The topological polar surface area (TPSA) is 129 Å². The van der Waals surface area contributed by atoms with Crippen molar-refractivity contribution in [3.8, 4) is 11.1 Å². The molecule has 43 heavy (non-hydrogen) atoms. The summed E-state index contributed by atoms with van der Waals surface area (Å²) in [6.45, 7) is 0.436. The average molecular weight is 583 g/mol. The smallest absolute Gasteiger partial charge is 0.407 e. The Kier molecular flexibility index (Phi) is 8.44. The highest BCUT2D eigenvalue weighted by atomic mass is 16.5. The summed E-state index contributed by atoms with van der Waals surface area (Å²) in [4.78, 5) is 46.1. The first kappa shape index (κ1) is 29.3. The van der Waals surface area contributed by atoms with E-state index in [1.165, 1.54) is 11.7 Å². The number of carbonyl (C=O) groups excluding carboxylic acids is 2. The Balaban J connectivity index is 1.44. The van der Waals surface area contributed by atoms with Gasteiger partial charge in [-0.05, 0) is 59.5 Å². The Hall–Kier alpha value is -5.16. The Morgan fingerprint density at radius 2 is 1.91 bits per heavy atom. The lowest BCUT2D eigenvalue weighted by Crippen LogP contribution is -2.38. The first-order valence-corrected chi connectivity index (χ1v) is 13.8. The van der Waals surface area contributed by atoms with E-state index in [1.807, 2.05) is 49.3 Å². The van der Waals surface area contributed by atoms with Crippen molar-refractivity contribution >= 4 is 34.9 Å². The molecule has 0 saturated carbocycles. The quantitative estimate of drug-likeness (QED) is 0.286. The summed E-state index contributed by atoms with van der Waals surface area (Å²) in [5.41, 5.74) is 6.11. The molecule has 4 aromatic rings. The van der Waals surface area contributed by atoms with Crippen molar-refractivity contribution in [1.82, 2.24) is 14.9 Å². The number of methoxy groups -OCH3 is 1. The molecule has 0 radical (unpaired) electrons. The normalized spacial score (nSPS) is 12.5. The van der Waals surface area contributed by atoms with E-state index in [9.17, 15) is 19.5 Å². The molecular weight excluding hydrogens is 548 g/mol. The molecule has 1 aliphatic heterocycles. The molecular formula is C32H34N6O5. The maximum atomic E-state index is 13.6. The standard InChI is InChI=1S/C32H34N6O5/c1-36(2)23-9-10-25-21(14-23)12-13-38(30(25)40)28-7-5-6-24(26(28)19-39)22-15-27(31(41)37(3)18-22)35-29-11-8-20(16-33-29)17-34-32(42)43-4/h5-11,14-16,18,39H,12-13,17,19H2,1-4H3,(H,33,35)(H,34,42). The lowest BCUT2D eigenvalue weighted by Gasteiger charge is -2.31. The van der Waals surface area contributed by atoms with Gasteiger partial charge in [0.05, 0.1) is 19.4 Å². The molecule has 11 nitrogen and oxygen atoms in total.